The van der Waals surface area contributed by atoms with Crippen LogP contribution in [-0.4, -0.2) is 26.2 Å². The lowest BCUT2D eigenvalue weighted by Gasteiger charge is -2.28. The lowest BCUT2D eigenvalue weighted by molar-refractivity contribution is 0.355. The molecule has 2 rings (SSSR count). The number of rotatable bonds is 5. The molecule has 0 unspecified atom stereocenters. The van der Waals surface area contributed by atoms with Crippen molar-refractivity contribution in [3.8, 4) is 0 Å². The summed E-state index contributed by atoms with van der Waals surface area (Å²) in [7, 11) is 0. The highest BCUT2D eigenvalue weighted by molar-refractivity contribution is 5.47. The lowest BCUT2D eigenvalue weighted by atomic mass is 9.94. The molecule has 1 aliphatic rings. The minimum Gasteiger partial charge on any atom is -0.372 e. The highest BCUT2D eigenvalue weighted by Gasteiger charge is 2.14. The molecule has 1 saturated heterocycles. The van der Waals surface area contributed by atoms with Crippen LogP contribution in [-0.2, 0) is 0 Å². The Morgan fingerprint density at radius 1 is 1.17 bits per heavy atom. The van der Waals surface area contributed by atoms with Crippen LogP contribution in [0.4, 0.5) is 5.69 Å². The third kappa shape index (κ3) is 3.74. The van der Waals surface area contributed by atoms with E-state index in [1.54, 1.807) is 0 Å². The number of benzene rings is 1. The fourth-order valence-electron chi connectivity index (χ4n) is 2.73. The fraction of sp³-hybridized carbons (Fsp3) is 0.625. The van der Waals surface area contributed by atoms with E-state index in [0.717, 1.165) is 12.5 Å². The Balaban J connectivity index is 1.86. The van der Waals surface area contributed by atoms with Crippen LogP contribution in [0.3, 0.4) is 0 Å². The van der Waals surface area contributed by atoms with Gasteiger partial charge in [0.15, 0.2) is 0 Å². The van der Waals surface area contributed by atoms with Gasteiger partial charge in [-0.15, -0.1) is 0 Å². The van der Waals surface area contributed by atoms with Crippen LogP contribution in [0.25, 0.3) is 0 Å². The van der Waals surface area contributed by atoms with Gasteiger partial charge in [0.25, 0.3) is 0 Å². The van der Waals surface area contributed by atoms with Gasteiger partial charge in [-0.3, -0.25) is 0 Å². The van der Waals surface area contributed by atoms with Gasteiger partial charge < -0.3 is 10.2 Å². The lowest BCUT2D eigenvalue weighted by Crippen LogP contribution is -2.31. The maximum absolute atomic E-state index is 3.44. The first-order valence-electron chi connectivity index (χ1n) is 7.32. The number of piperidine rings is 1. The van der Waals surface area contributed by atoms with Crippen molar-refractivity contribution >= 4 is 5.69 Å². The number of hydrogen-bond acceptors (Lipinski definition) is 2. The Labute approximate surface area is 111 Å². The van der Waals surface area contributed by atoms with Crippen molar-refractivity contribution in [2.75, 3.05) is 31.1 Å². The van der Waals surface area contributed by atoms with E-state index in [9.17, 15) is 0 Å². The van der Waals surface area contributed by atoms with Crippen LogP contribution in [0.2, 0.25) is 0 Å². The summed E-state index contributed by atoms with van der Waals surface area (Å²) in [5.74, 6) is 0.922. The van der Waals surface area contributed by atoms with Crippen LogP contribution >= 0.6 is 0 Å². The van der Waals surface area contributed by atoms with Crippen molar-refractivity contribution in [2.24, 2.45) is 5.92 Å². The van der Waals surface area contributed by atoms with Crippen molar-refractivity contribution in [1.29, 1.82) is 0 Å². The molecule has 1 N–H and O–H groups in total. The van der Waals surface area contributed by atoms with Crippen LogP contribution in [0.5, 0.6) is 0 Å². The number of nitrogens with one attached hydrogen (secondary N) is 1. The Morgan fingerprint density at radius 2 is 1.83 bits per heavy atom. The van der Waals surface area contributed by atoms with Gasteiger partial charge >= 0.3 is 0 Å². The number of hydrogen-bond donors (Lipinski definition) is 1. The zero-order valence-electron chi connectivity index (χ0n) is 11.8. The van der Waals surface area contributed by atoms with Gasteiger partial charge in [-0.25, -0.2) is 0 Å². The minimum atomic E-state index is 0.922. The van der Waals surface area contributed by atoms with Gasteiger partial charge in [-0.2, -0.15) is 0 Å². The molecule has 1 aromatic rings. The van der Waals surface area contributed by atoms with Crippen molar-refractivity contribution < 1.29 is 0 Å². The Hall–Kier alpha value is -1.02. The molecular weight excluding hydrogens is 220 g/mol. The van der Waals surface area contributed by atoms with Crippen LogP contribution in [0, 0.1) is 12.8 Å². The first-order valence-corrected chi connectivity index (χ1v) is 7.32. The number of anilines is 1. The molecule has 1 aromatic carbocycles. The predicted octanol–water partition coefficient (Wildman–Crippen LogP) is 3.21. The normalized spacial score (nSPS) is 16.8. The summed E-state index contributed by atoms with van der Waals surface area (Å²) < 4.78 is 0. The molecule has 1 aliphatic heterocycles. The molecule has 2 heteroatoms. The highest BCUT2D eigenvalue weighted by atomic mass is 15.1. The Morgan fingerprint density at radius 3 is 2.44 bits per heavy atom. The van der Waals surface area contributed by atoms with Crippen molar-refractivity contribution in [1.82, 2.24) is 5.32 Å². The third-order valence-electron chi connectivity index (χ3n) is 4.05. The van der Waals surface area contributed by atoms with E-state index < -0.39 is 0 Å². The average molecular weight is 246 g/mol. The molecule has 18 heavy (non-hydrogen) atoms. The molecule has 0 radical (unpaired) electrons. The SMILES string of the molecule is CCN(CCC1CCNCC1)c1ccc(C)cc1. The summed E-state index contributed by atoms with van der Waals surface area (Å²) in [5.41, 5.74) is 2.71. The van der Waals surface area contributed by atoms with Gasteiger partial charge in [0.1, 0.15) is 0 Å². The molecule has 1 fully saturated rings. The van der Waals surface area contributed by atoms with Crippen molar-refractivity contribution in [2.45, 2.75) is 33.1 Å². The number of nitrogens with zero attached hydrogens (tertiary/aromatic N) is 1. The topological polar surface area (TPSA) is 15.3 Å². The van der Waals surface area contributed by atoms with Gasteiger partial charge in [0.05, 0.1) is 0 Å². The molecule has 0 spiro atoms. The van der Waals surface area contributed by atoms with Gasteiger partial charge in [-0.1, -0.05) is 17.7 Å². The molecule has 1 heterocycles. The number of aryl methyl sites for hydroxylation is 1. The van der Waals surface area contributed by atoms with Gasteiger partial charge in [0.2, 0.25) is 0 Å². The van der Waals surface area contributed by atoms with E-state index in [1.165, 1.54) is 50.1 Å². The maximum atomic E-state index is 3.44. The smallest absolute Gasteiger partial charge is 0.0366 e. The third-order valence-corrected chi connectivity index (χ3v) is 4.05. The van der Waals surface area contributed by atoms with E-state index in [0.29, 0.717) is 0 Å². The molecule has 0 bridgehead atoms. The van der Waals surface area contributed by atoms with Crippen LogP contribution in [0.1, 0.15) is 31.7 Å². The van der Waals surface area contributed by atoms with E-state index in [1.807, 2.05) is 0 Å². The first-order chi connectivity index (χ1) is 8.79. The second kappa shape index (κ2) is 6.79. The van der Waals surface area contributed by atoms with E-state index in [2.05, 4.69) is 48.3 Å². The summed E-state index contributed by atoms with van der Waals surface area (Å²) in [5, 5.41) is 3.44. The molecular formula is C16H26N2. The Kier molecular flexibility index (Phi) is 5.06. The Bertz CT molecular complexity index is 339. The maximum Gasteiger partial charge on any atom is 0.0366 e. The summed E-state index contributed by atoms with van der Waals surface area (Å²) in [4.78, 5) is 2.50. The average Bonchev–Trinajstić information content (AvgIpc) is 2.42. The molecule has 0 amide bonds. The molecule has 0 atom stereocenters. The van der Waals surface area contributed by atoms with Crippen molar-refractivity contribution in [3.63, 3.8) is 0 Å². The van der Waals surface area contributed by atoms with E-state index in [4.69, 9.17) is 0 Å². The predicted molar refractivity (Wildman–Crippen MR) is 79.3 cm³/mol. The highest BCUT2D eigenvalue weighted by Crippen LogP contribution is 2.20. The summed E-state index contributed by atoms with van der Waals surface area (Å²) in [6.45, 7) is 9.12. The quantitative estimate of drug-likeness (QED) is 0.858. The standard InChI is InChI=1S/C16H26N2/c1-3-18(16-6-4-14(2)5-7-16)13-10-15-8-11-17-12-9-15/h4-7,15,17H,3,8-13H2,1-2H3. The molecule has 2 nitrogen and oxygen atoms in total. The van der Waals surface area contributed by atoms with Gasteiger partial charge in [0, 0.05) is 18.8 Å². The molecule has 0 saturated carbocycles. The van der Waals surface area contributed by atoms with Crippen LogP contribution in [0.15, 0.2) is 24.3 Å². The minimum absolute atomic E-state index is 0.922. The molecule has 0 aromatic heterocycles. The molecule has 0 aliphatic carbocycles. The summed E-state index contributed by atoms with van der Waals surface area (Å²) in [6.07, 6.45) is 4.04. The zero-order chi connectivity index (χ0) is 12.8. The largest absolute Gasteiger partial charge is 0.372 e. The van der Waals surface area contributed by atoms with E-state index >= 15 is 0 Å². The monoisotopic (exact) mass is 246 g/mol. The van der Waals surface area contributed by atoms with E-state index in [-0.39, 0.29) is 0 Å². The second-order valence-corrected chi connectivity index (χ2v) is 5.40. The summed E-state index contributed by atoms with van der Waals surface area (Å²) in [6, 6.07) is 8.92. The van der Waals surface area contributed by atoms with Crippen molar-refractivity contribution in [3.05, 3.63) is 29.8 Å². The van der Waals surface area contributed by atoms with Gasteiger partial charge in [-0.05, 0) is 64.3 Å². The first kappa shape index (κ1) is 13.4. The van der Waals surface area contributed by atoms with Crippen LogP contribution < -0.4 is 10.2 Å². The molecule has 100 valence electrons. The zero-order valence-corrected chi connectivity index (χ0v) is 11.8. The second-order valence-electron chi connectivity index (χ2n) is 5.40. The fourth-order valence-corrected chi connectivity index (χ4v) is 2.73. The summed E-state index contributed by atoms with van der Waals surface area (Å²) >= 11 is 0.